The van der Waals surface area contributed by atoms with E-state index in [1.54, 1.807) is 43.3 Å². The largest absolute Gasteiger partial charge is 0.462 e. The van der Waals surface area contributed by atoms with Gasteiger partial charge in [0.2, 0.25) is 0 Å². The first-order chi connectivity index (χ1) is 11.9. The van der Waals surface area contributed by atoms with E-state index in [2.05, 4.69) is 26.6 Å². The smallest absolute Gasteiger partial charge is 0.338 e. The van der Waals surface area contributed by atoms with Crippen LogP contribution in [0.1, 0.15) is 33.2 Å². The fourth-order valence-corrected chi connectivity index (χ4v) is 2.57. The number of hydrogen-bond donors (Lipinski definition) is 2. The van der Waals surface area contributed by atoms with Gasteiger partial charge in [-0.2, -0.15) is 0 Å². The number of carbonyl (C=O) groups excluding carboxylic acids is 2. The normalized spacial score (nSPS) is 10.0. The zero-order valence-electron chi connectivity index (χ0n) is 13.8. The van der Waals surface area contributed by atoms with E-state index >= 15 is 0 Å². The third kappa shape index (κ3) is 5.37. The van der Waals surface area contributed by atoms with E-state index in [1.807, 2.05) is 13.0 Å². The lowest BCUT2D eigenvalue weighted by Crippen LogP contribution is -2.34. The summed E-state index contributed by atoms with van der Waals surface area (Å²) in [6, 6.07) is 11.9. The van der Waals surface area contributed by atoms with Crippen molar-refractivity contribution in [3.63, 3.8) is 0 Å². The molecule has 0 saturated carbocycles. The molecule has 0 aliphatic heterocycles. The lowest BCUT2D eigenvalue weighted by atomic mass is 10.1. The average molecular weight is 421 g/mol. The highest BCUT2D eigenvalue weighted by molar-refractivity contribution is 9.10. The Balaban J connectivity index is 1.96. The Kier molecular flexibility index (Phi) is 6.66. The van der Waals surface area contributed by atoms with Crippen LogP contribution in [0.15, 0.2) is 46.9 Å². The fourth-order valence-electron chi connectivity index (χ4n) is 1.98. The molecule has 0 spiro atoms. The van der Waals surface area contributed by atoms with Gasteiger partial charge in [-0.25, -0.2) is 4.79 Å². The fraction of sp³-hybridized carbons (Fsp3) is 0.167. The van der Waals surface area contributed by atoms with E-state index in [-0.39, 0.29) is 17.0 Å². The number of anilines is 1. The van der Waals surface area contributed by atoms with Crippen LogP contribution in [0.25, 0.3) is 0 Å². The predicted molar refractivity (Wildman–Crippen MR) is 105 cm³/mol. The Labute approximate surface area is 159 Å². The average Bonchev–Trinajstić information content (AvgIpc) is 2.58. The Hall–Kier alpha value is -2.25. The van der Waals surface area contributed by atoms with E-state index in [0.29, 0.717) is 23.4 Å². The first-order valence-corrected chi connectivity index (χ1v) is 8.76. The van der Waals surface area contributed by atoms with Crippen LogP contribution in [-0.2, 0) is 4.74 Å². The van der Waals surface area contributed by atoms with E-state index in [1.165, 1.54) is 0 Å². The molecular weight excluding hydrogens is 404 g/mol. The predicted octanol–water partition coefficient (Wildman–Crippen LogP) is 4.06. The summed E-state index contributed by atoms with van der Waals surface area (Å²) in [5.41, 5.74) is 2.65. The van der Waals surface area contributed by atoms with Crippen LogP contribution in [0.2, 0.25) is 0 Å². The third-order valence-corrected chi connectivity index (χ3v) is 4.37. The first kappa shape index (κ1) is 19.1. The molecule has 0 aliphatic rings. The molecule has 0 saturated heterocycles. The number of hydrogen-bond acceptors (Lipinski definition) is 4. The summed E-state index contributed by atoms with van der Waals surface area (Å²) in [6.07, 6.45) is 0. The molecule has 5 nitrogen and oxygen atoms in total. The van der Waals surface area contributed by atoms with Gasteiger partial charge in [-0.1, -0.05) is 22.0 Å². The monoisotopic (exact) mass is 420 g/mol. The molecule has 0 aromatic heterocycles. The highest BCUT2D eigenvalue weighted by Crippen LogP contribution is 2.17. The van der Waals surface area contributed by atoms with Crippen molar-refractivity contribution in [2.75, 3.05) is 11.9 Å². The molecule has 25 heavy (non-hydrogen) atoms. The number of aryl methyl sites for hydroxylation is 1. The van der Waals surface area contributed by atoms with Crippen LogP contribution in [0.5, 0.6) is 0 Å². The number of ether oxygens (including phenoxy) is 1. The SMILES string of the molecule is CCOC(=O)c1ccc(NC(=S)NC(=O)c2ccc(C)c(Br)c2)cc1. The summed E-state index contributed by atoms with van der Waals surface area (Å²) >= 11 is 8.55. The summed E-state index contributed by atoms with van der Waals surface area (Å²) in [5.74, 6) is -0.684. The van der Waals surface area contributed by atoms with E-state index in [9.17, 15) is 9.59 Å². The van der Waals surface area contributed by atoms with Crippen LogP contribution < -0.4 is 10.6 Å². The first-order valence-electron chi connectivity index (χ1n) is 7.56. The molecule has 2 aromatic carbocycles. The molecule has 0 unspecified atom stereocenters. The van der Waals surface area contributed by atoms with Gasteiger partial charge in [0.15, 0.2) is 5.11 Å². The number of nitrogens with one attached hydrogen (secondary N) is 2. The van der Waals surface area contributed by atoms with Gasteiger partial charge in [-0.05, 0) is 68.0 Å². The number of carbonyl (C=O) groups is 2. The molecule has 0 fully saturated rings. The van der Waals surface area contributed by atoms with Gasteiger partial charge in [0.05, 0.1) is 12.2 Å². The van der Waals surface area contributed by atoms with Gasteiger partial charge in [0.25, 0.3) is 5.91 Å². The Morgan fingerprint density at radius 1 is 1.12 bits per heavy atom. The molecule has 2 rings (SSSR count). The van der Waals surface area contributed by atoms with Gasteiger partial charge >= 0.3 is 5.97 Å². The lowest BCUT2D eigenvalue weighted by molar-refractivity contribution is 0.0526. The summed E-state index contributed by atoms with van der Waals surface area (Å²) in [5, 5.41) is 5.69. The molecule has 7 heteroatoms. The van der Waals surface area contributed by atoms with E-state index < -0.39 is 0 Å². The number of thiocarbonyl (C=S) groups is 1. The molecular formula is C18H17BrN2O3S. The summed E-state index contributed by atoms with van der Waals surface area (Å²) in [6.45, 7) is 4.02. The van der Waals surface area contributed by atoms with Crippen molar-refractivity contribution in [2.24, 2.45) is 0 Å². The number of rotatable bonds is 4. The Morgan fingerprint density at radius 2 is 1.76 bits per heavy atom. The van der Waals surface area contributed by atoms with Crippen molar-refractivity contribution in [3.05, 3.63) is 63.6 Å². The third-order valence-electron chi connectivity index (χ3n) is 3.31. The molecule has 0 radical (unpaired) electrons. The Bertz CT molecular complexity index is 806. The Morgan fingerprint density at radius 3 is 2.36 bits per heavy atom. The van der Waals surface area contributed by atoms with Crippen molar-refractivity contribution in [1.82, 2.24) is 5.32 Å². The highest BCUT2D eigenvalue weighted by Gasteiger charge is 2.10. The van der Waals surface area contributed by atoms with Crippen molar-refractivity contribution in [3.8, 4) is 0 Å². The van der Waals surface area contributed by atoms with Crippen molar-refractivity contribution >= 4 is 50.8 Å². The molecule has 130 valence electrons. The maximum absolute atomic E-state index is 12.2. The zero-order chi connectivity index (χ0) is 18.4. The molecule has 0 bridgehead atoms. The van der Waals surface area contributed by atoms with Crippen LogP contribution in [0.4, 0.5) is 5.69 Å². The maximum atomic E-state index is 12.2. The maximum Gasteiger partial charge on any atom is 0.338 e. The molecule has 0 aliphatic carbocycles. The number of esters is 1. The van der Waals surface area contributed by atoms with E-state index in [4.69, 9.17) is 17.0 Å². The van der Waals surface area contributed by atoms with Gasteiger partial charge in [-0.15, -0.1) is 0 Å². The molecule has 2 N–H and O–H groups in total. The second-order valence-electron chi connectivity index (χ2n) is 5.17. The van der Waals surface area contributed by atoms with Gasteiger partial charge in [-0.3, -0.25) is 10.1 Å². The lowest BCUT2D eigenvalue weighted by Gasteiger charge is -2.10. The zero-order valence-corrected chi connectivity index (χ0v) is 16.2. The summed E-state index contributed by atoms with van der Waals surface area (Å²) in [7, 11) is 0. The summed E-state index contributed by atoms with van der Waals surface area (Å²) in [4.78, 5) is 23.8. The minimum atomic E-state index is -0.380. The number of benzene rings is 2. The van der Waals surface area contributed by atoms with Crippen molar-refractivity contribution in [2.45, 2.75) is 13.8 Å². The minimum Gasteiger partial charge on any atom is -0.462 e. The second kappa shape index (κ2) is 8.73. The second-order valence-corrected chi connectivity index (χ2v) is 6.43. The van der Waals surface area contributed by atoms with Crippen LogP contribution in [0, 0.1) is 6.92 Å². The minimum absolute atomic E-state index is 0.172. The van der Waals surface area contributed by atoms with E-state index in [0.717, 1.165) is 10.0 Å². The number of amides is 1. The molecule has 0 atom stereocenters. The molecule has 1 amide bonds. The summed E-state index contributed by atoms with van der Waals surface area (Å²) < 4.78 is 5.78. The standard InChI is InChI=1S/C18H17BrN2O3S/c1-3-24-17(23)12-6-8-14(9-7-12)20-18(25)21-16(22)13-5-4-11(2)15(19)10-13/h4-10H,3H2,1-2H3,(H2,20,21,22,25). The highest BCUT2D eigenvalue weighted by atomic mass is 79.9. The topological polar surface area (TPSA) is 67.4 Å². The molecule has 2 aromatic rings. The molecule has 0 heterocycles. The van der Waals surface area contributed by atoms with Crippen LogP contribution >= 0.6 is 28.1 Å². The van der Waals surface area contributed by atoms with Gasteiger partial charge in [0, 0.05) is 15.7 Å². The van der Waals surface area contributed by atoms with Crippen molar-refractivity contribution < 1.29 is 14.3 Å². The van der Waals surface area contributed by atoms with Gasteiger partial charge < -0.3 is 10.1 Å². The van der Waals surface area contributed by atoms with Crippen molar-refractivity contribution in [1.29, 1.82) is 0 Å². The van der Waals surface area contributed by atoms with Crippen LogP contribution in [-0.4, -0.2) is 23.6 Å². The quantitative estimate of drug-likeness (QED) is 0.576. The van der Waals surface area contributed by atoms with Crippen LogP contribution in [0.3, 0.4) is 0 Å². The number of halogens is 1. The van der Waals surface area contributed by atoms with Gasteiger partial charge in [0.1, 0.15) is 0 Å².